The molecule has 2 saturated carbocycles. The zero-order chi connectivity index (χ0) is 10.3. The summed E-state index contributed by atoms with van der Waals surface area (Å²) in [5, 5.41) is 0. The zero-order valence-corrected chi connectivity index (χ0v) is 8.82. The van der Waals surface area contributed by atoms with Gasteiger partial charge in [-0.25, -0.2) is 0 Å². The van der Waals surface area contributed by atoms with Crippen LogP contribution in [0.2, 0.25) is 0 Å². The molecule has 3 aliphatic carbocycles. The lowest BCUT2D eigenvalue weighted by Crippen LogP contribution is -2.39. The molecule has 0 aromatic carbocycles. The molecule has 2 aliphatic heterocycles. The minimum absolute atomic E-state index is 0.0900. The minimum Gasteiger partial charge on any atom is -0.367 e. The molecule has 0 amide bonds. The second-order valence-electron chi connectivity index (χ2n) is 5.72. The fourth-order valence-corrected chi connectivity index (χ4v) is 4.23. The first-order chi connectivity index (χ1) is 7.11. The Hall–Kier alpha value is -0.890. The van der Waals surface area contributed by atoms with Gasteiger partial charge in [0, 0.05) is 5.41 Å². The number of ether oxygens (including phenoxy) is 1. The Bertz CT molecular complexity index is 434. The van der Waals surface area contributed by atoms with Crippen molar-refractivity contribution < 1.29 is 9.53 Å². The average molecular weight is 202 g/mol. The first-order valence-corrected chi connectivity index (χ1v) is 5.74. The minimum atomic E-state index is 0.0900. The van der Waals surface area contributed by atoms with E-state index < -0.39 is 0 Å². The summed E-state index contributed by atoms with van der Waals surface area (Å²) in [5.41, 5.74) is 1.54. The number of carbonyl (C=O) groups is 1. The molecule has 2 saturated heterocycles. The molecule has 4 bridgehead atoms. The van der Waals surface area contributed by atoms with Gasteiger partial charge in [-0.3, -0.25) is 4.79 Å². The molecule has 0 aromatic rings. The molecule has 2 nitrogen and oxygen atoms in total. The predicted octanol–water partition coefficient (Wildman–Crippen LogP) is 2.01. The number of allylic oxidation sites excluding steroid dienone is 3. The Morgan fingerprint density at radius 3 is 3.20 bits per heavy atom. The molecule has 0 aromatic heterocycles. The normalized spacial score (nSPS) is 54.7. The number of carbonyl (C=O) groups excluding carboxylic acids is 1. The molecule has 0 unspecified atom stereocenters. The Labute approximate surface area is 89.0 Å². The molecule has 2 heteroatoms. The molecule has 1 spiro atoms. The van der Waals surface area contributed by atoms with Crippen molar-refractivity contribution in [3.63, 3.8) is 0 Å². The molecule has 4 atom stereocenters. The van der Waals surface area contributed by atoms with Gasteiger partial charge in [-0.2, -0.15) is 0 Å². The van der Waals surface area contributed by atoms with Crippen LogP contribution in [0.4, 0.5) is 0 Å². The van der Waals surface area contributed by atoms with E-state index in [-0.39, 0.29) is 22.9 Å². The van der Waals surface area contributed by atoms with E-state index in [1.807, 2.05) is 6.08 Å². The lowest BCUT2D eigenvalue weighted by Gasteiger charge is -2.42. The van der Waals surface area contributed by atoms with Crippen molar-refractivity contribution in [3.8, 4) is 0 Å². The maximum atomic E-state index is 11.4. The van der Waals surface area contributed by atoms with Crippen molar-refractivity contribution in [1.82, 2.24) is 0 Å². The summed E-state index contributed by atoms with van der Waals surface area (Å²) >= 11 is 0. The summed E-state index contributed by atoms with van der Waals surface area (Å²) < 4.78 is 6.10. The third-order valence-corrected chi connectivity index (χ3v) is 4.84. The standard InChI is InChI=1S/C13H14O2/c1-12-7-13-3-2-9(14)5-10(13)11(15-12)4-8(12)6-13/h2-3,5,8,11H,4,6-7H2,1H3/t8-,11+,12+,13+/m1/s1. The van der Waals surface area contributed by atoms with E-state index in [4.69, 9.17) is 4.74 Å². The van der Waals surface area contributed by atoms with Gasteiger partial charge in [-0.1, -0.05) is 6.08 Å². The first kappa shape index (κ1) is 8.28. The van der Waals surface area contributed by atoms with Crippen LogP contribution in [0.1, 0.15) is 26.2 Å². The third kappa shape index (κ3) is 0.795. The van der Waals surface area contributed by atoms with Crippen molar-refractivity contribution >= 4 is 5.78 Å². The molecule has 5 aliphatic rings. The molecule has 78 valence electrons. The Morgan fingerprint density at radius 1 is 1.53 bits per heavy atom. The van der Waals surface area contributed by atoms with Gasteiger partial charge in [-0.05, 0) is 49.8 Å². The van der Waals surface area contributed by atoms with Gasteiger partial charge in [0.2, 0.25) is 0 Å². The maximum Gasteiger partial charge on any atom is 0.178 e. The van der Waals surface area contributed by atoms with Gasteiger partial charge in [0.25, 0.3) is 0 Å². The topological polar surface area (TPSA) is 26.3 Å². The number of rotatable bonds is 0. The van der Waals surface area contributed by atoms with E-state index in [0.29, 0.717) is 5.92 Å². The van der Waals surface area contributed by atoms with Crippen LogP contribution in [0.5, 0.6) is 0 Å². The van der Waals surface area contributed by atoms with Crippen LogP contribution in [0.3, 0.4) is 0 Å². The van der Waals surface area contributed by atoms with E-state index >= 15 is 0 Å². The van der Waals surface area contributed by atoms with Crippen LogP contribution in [0.15, 0.2) is 23.8 Å². The SMILES string of the molecule is C[C@]12C[C@@]34C=CC(=O)C=C3[C@H](C[C@@H]1C4)O2. The van der Waals surface area contributed by atoms with Crippen molar-refractivity contribution in [3.05, 3.63) is 23.8 Å². The summed E-state index contributed by atoms with van der Waals surface area (Å²) in [5.74, 6) is 0.843. The lowest BCUT2D eigenvalue weighted by molar-refractivity contribution is -0.111. The number of hydrogen-bond donors (Lipinski definition) is 0. The summed E-state index contributed by atoms with van der Waals surface area (Å²) in [4.78, 5) is 11.4. The highest BCUT2D eigenvalue weighted by molar-refractivity contribution is 6.01. The monoisotopic (exact) mass is 202 g/mol. The molecule has 15 heavy (non-hydrogen) atoms. The Morgan fingerprint density at radius 2 is 2.40 bits per heavy atom. The molecule has 0 N–H and O–H groups in total. The molecular weight excluding hydrogens is 188 g/mol. The fourth-order valence-electron chi connectivity index (χ4n) is 4.23. The smallest absolute Gasteiger partial charge is 0.178 e. The molecule has 5 rings (SSSR count). The van der Waals surface area contributed by atoms with Crippen LogP contribution in [0.25, 0.3) is 0 Å². The van der Waals surface area contributed by atoms with E-state index in [0.717, 1.165) is 12.8 Å². The average Bonchev–Trinajstić information content (AvgIpc) is 2.54. The van der Waals surface area contributed by atoms with Gasteiger partial charge in [0.15, 0.2) is 5.78 Å². The van der Waals surface area contributed by atoms with E-state index in [1.165, 1.54) is 12.0 Å². The summed E-state index contributed by atoms with van der Waals surface area (Å²) in [6.45, 7) is 2.24. The lowest BCUT2D eigenvalue weighted by atomic mass is 9.68. The van der Waals surface area contributed by atoms with Crippen LogP contribution in [-0.4, -0.2) is 17.5 Å². The van der Waals surface area contributed by atoms with Crippen LogP contribution in [-0.2, 0) is 9.53 Å². The van der Waals surface area contributed by atoms with Crippen molar-refractivity contribution in [2.75, 3.05) is 0 Å². The van der Waals surface area contributed by atoms with Crippen molar-refractivity contribution in [2.24, 2.45) is 11.3 Å². The van der Waals surface area contributed by atoms with Crippen LogP contribution >= 0.6 is 0 Å². The van der Waals surface area contributed by atoms with Gasteiger partial charge >= 0.3 is 0 Å². The summed E-state index contributed by atoms with van der Waals surface area (Å²) in [6.07, 6.45) is 9.36. The van der Waals surface area contributed by atoms with Gasteiger partial charge < -0.3 is 4.74 Å². The van der Waals surface area contributed by atoms with Gasteiger partial charge in [0.1, 0.15) is 0 Å². The molecule has 4 fully saturated rings. The van der Waals surface area contributed by atoms with E-state index in [9.17, 15) is 4.79 Å². The third-order valence-electron chi connectivity index (χ3n) is 4.84. The largest absolute Gasteiger partial charge is 0.367 e. The first-order valence-electron chi connectivity index (χ1n) is 5.74. The second-order valence-corrected chi connectivity index (χ2v) is 5.72. The molecule has 0 radical (unpaired) electrons. The van der Waals surface area contributed by atoms with Gasteiger partial charge in [-0.15, -0.1) is 0 Å². The maximum absolute atomic E-state index is 11.4. The zero-order valence-electron chi connectivity index (χ0n) is 8.82. The second kappa shape index (κ2) is 2.12. The molecule has 2 heterocycles. The highest BCUT2D eigenvalue weighted by atomic mass is 16.5. The van der Waals surface area contributed by atoms with Crippen molar-refractivity contribution in [1.29, 1.82) is 0 Å². The van der Waals surface area contributed by atoms with Crippen LogP contribution < -0.4 is 0 Å². The predicted molar refractivity (Wildman–Crippen MR) is 55.3 cm³/mol. The highest BCUT2D eigenvalue weighted by Crippen LogP contribution is 2.67. The van der Waals surface area contributed by atoms with E-state index in [1.54, 1.807) is 6.08 Å². The van der Waals surface area contributed by atoms with Gasteiger partial charge in [0.05, 0.1) is 11.7 Å². The quantitative estimate of drug-likeness (QED) is 0.600. The van der Waals surface area contributed by atoms with Crippen LogP contribution in [0, 0.1) is 11.3 Å². The fraction of sp³-hybridized carbons (Fsp3) is 0.615. The van der Waals surface area contributed by atoms with E-state index in [2.05, 4.69) is 13.0 Å². The number of hydrogen-bond acceptors (Lipinski definition) is 2. The highest BCUT2D eigenvalue weighted by Gasteiger charge is 2.65. The summed E-state index contributed by atoms with van der Waals surface area (Å²) in [6, 6.07) is 0. The summed E-state index contributed by atoms with van der Waals surface area (Å²) in [7, 11) is 0. The number of ketones is 1. The van der Waals surface area contributed by atoms with Crippen molar-refractivity contribution in [2.45, 2.75) is 37.9 Å². The Balaban J connectivity index is 1.92. The molecular formula is C13H14O2. The Kier molecular flexibility index (Phi) is 1.17.